The minimum atomic E-state index is 0.124. The van der Waals surface area contributed by atoms with Crippen LogP contribution in [-0.2, 0) is 11.3 Å². The van der Waals surface area contributed by atoms with Crippen molar-refractivity contribution < 1.29 is 14.3 Å². The van der Waals surface area contributed by atoms with Crippen LogP contribution >= 0.6 is 0 Å². The SMILES string of the molecule is CCNC(=NCc1ccc(Oc2ccccc2OCC)nc1)N1CCN(C(C)=O)CC1. The van der Waals surface area contributed by atoms with Gasteiger partial charge in [0.15, 0.2) is 17.5 Å². The molecule has 3 rings (SSSR count). The number of carbonyl (C=O) groups excluding carboxylic acids is 1. The maximum Gasteiger partial charge on any atom is 0.219 e. The van der Waals surface area contributed by atoms with Gasteiger partial charge in [0.1, 0.15) is 0 Å². The minimum absolute atomic E-state index is 0.124. The maximum atomic E-state index is 11.5. The van der Waals surface area contributed by atoms with Crippen LogP contribution in [0.25, 0.3) is 0 Å². The van der Waals surface area contributed by atoms with Gasteiger partial charge in [-0.05, 0) is 31.5 Å². The Labute approximate surface area is 183 Å². The fraction of sp³-hybridized carbons (Fsp3) is 0.435. The number of nitrogens with zero attached hydrogens (tertiary/aromatic N) is 4. The number of benzene rings is 1. The summed E-state index contributed by atoms with van der Waals surface area (Å²) in [5.41, 5.74) is 0.989. The predicted octanol–water partition coefficient (Wildman–Crippen LogP) is 2.90. The second-order valence-electron chi connectivity index (χ2n) is 7.15. The first-order valence-corrected chi connectivity index (χ1v) is 10.7. The molecular formula is C23H31N5O3. The van der Waals surface area contributed by atoms with E-state index in [0.717, 1.165) is 44.2 Å². The second kappa shape index (κ2) is 11.2. The number of nitrogens with one attached hydrogen (secondary N) is 1. The second-order valence-corrected chi connectivity index (χ2v) is 7.15. The first-order chi connectivity index (χ1) is 15.1. The molecule has 31 heavy (non-hydrogen) atoms. The van der Waals surface area contributed by atoms with Crippen molar-refractivity contribution >= 4 is 11.9 Å². The van der Waals surface area contributed by atoms with Gasteiger partial charge in [0.05, 0.1) is 13.2 Å². The number of pyridine rings is 1. The van der Waals surface area contributed by atoms with Crippen LogP contribution in [0, 0.1) is 0 Å². The van der Waals surface area contributed by atoms with Crippen molar-refractivity contribution in [2.45, 2.75) is 27.3 Å². The van der Waals surface area contributed by atoms with Gasteiger partial charge in [-0.1, -0.05) is 18.2 Å². The Balaban J connectivity index is 1.61. The number of ether oxygens (including phenoxy) is 2. The average molecular weight is 426 g/mol. The van der Waals surface area contributed by atoms with Crippen molar-refractivity contribution in [3.05, 3.63) is 48.2 Å². The molecule has 8 heteroatoms. The van der Waals surface area contributed by atoms with Crippen LogP contribution in [0.4, 0.5) is 0 Å². The zero-order valence-corrected chi connectivity index (χ0v) is 18.5. The van der Waals surface area contributed by atoms with Crippen LogP contribution in [0.1, 0.15) is 26.3 Å². The van der Waals surface area contributed by atoms with E-state index in [2.05, 4.69) is 22.1 Å². The summed E-state index contributed by atoms with van der Waals surface area (Å²) < 4.78 is 11.5. The number of rotatable bonds is 7. The van der Waals surface area contributed by atoms with Crippen molar-refractivity contribution in [3.8, 4) is 17.4 Å². The highest BCUT2D eigenvalue weighted by molar-refractivity contribution is 5.80. The van der Waals surface area contributed by atoms with Crippen LogP contribution in [0.5, 0.6) is 17.4 Å². The first kappa shape index (κ1) is 22.4. The molecule has 0 atom stereocenters. The molecule has 166 valence electrons. The standard InChI is InChI=1S/C23H31N5O3/c1-4-24-23(28-14-12-27(13-15-28)18(3)29)26-17-19-10-11-22(25-16-19)31-21-9-7-6-8-20(21)30-5-2/h6-11,16H,4-5,12-15,17H2,1-3H3,(H,24,26). The van der Waals surface area contributed by atoms with Gasteiger partial charge in [0.2, 0.25) is 11.8 Å². The number of aliphatic imine (C=N–C) groups is 1. The fourth-order valence-electron chi connectivity index (χ4n) is 3.31. The average Bonchev–Trinajstić information content (AvgIpc) is 2.79. The van der Waals surface area contributed by atoms with Gasteiger partial charge in [-0.25, -0.2) is 9.98 Å². The van der Waals surface area contributed by atoms with E-state index in [0.29, 0.717) is 30.5 Å². The van der Waals surface area contributed by atoms with Crippen LogP contribution in [0.15, 0.2) is 47.6 Å². The van der Waals surface area contributed by atoms with Crippen LogP contribution in [0.3, 0.4) is 0 Å². The van der Waals surface area contributed by atoms with Gasteiger partial charge < -0.3 is 24.6 Å². The van der Waals surface area contributed by atoms with Gasteiger partial charge in [0, 0.05) is 51.9 Å². The van der Waals surface area contributed by atoms with E-state index in [9.17, 15) is 4.79 Å². The molecule has 0 aliphatic carbocycles. The number of hydrogen-bond acceptors (Lipinski definition) is 5. The van der Waals surface area contributed by atoms with Crippen LogP contribution < -0.4 is 14.8 Å². The molecule has 2 heterocycles. The summed E-state index contributed by atoms with van der Waals surface area (Å²) in [5, 5.41) is 3.34. The molecule has 1 amide bonds. The van der Waals surface area contributed by atoms with E-state index in [1.165, 1.54) is 0 Å². The van der Waals surface area contributed by atoms with Crippen molar-refractivity contribution in [3.63, 3.8) is 0 Å². The largest absolute Gasteiger partial charge is 0.490 e. The van der Waals surface area contributed by atoms with E-state index in [1.807, 2.05) is 48.2 Å². The summed E-state index contributed by atoms with van der Waals surface area (Å²) in [6.07, 6.45) is 1.78. The molecule has 1 aliphatic rings. The molecule has 1 N–H and O–H groups in total. The molecule has 0 unspecified atom stereocenters. The monoisotopic (exact) mass is 425 g/mol. The lowest BCUT2D eigenvalue weighted by atomic mass is 10.3. The highest BCUT2D eigenvalue weighted by atomic mass is 16.5. The molecule has 0 radical (unpaired) electrons. The summed E-state index contributed by atoms with van der Waals surface area (Å²) >= 11 is 0. The molecule has 2 aromatic rings. The Morgan fingerprint density at radius 1 is 1.06 bits per heavy atom. The number of guanidine groups is 1. The lowest BCUT2D eigenvalue weighted by molar-refractivity contribution is -0.130. The third-order valence-corrected chi connectivity index (χ3v) is 4.93. The molecule has 0 bridgehead atoms. The van der Waals surface area contributed by atoms with E-state index in [-0.39, 0.29) is 5.91 Å². The van der Waals surface area contributed by atoms with Gasteiger partial charge in [0.25, 0.3) is 0 Å². The Hall–Kier alpha value is -3.29. The highest BCUT2D eigenvalue weighted by Gasteiger charge is 2.20. The van der Waals surface area contributed by atoms with E-state index in [1.54, 1.807) is 13.1 Å². The zero-order valence-electron chi connectivity index (χ0n) is 18.5. The Morgan fingerprint density at radius 3 is 2.39 bits per heavy atom. The number of carbonyl (C=O) groups is 1. The summed E-state index contributed by atoms with van der Waals surface area (Å²) in [4.78, 5) is 24.8. The quantitative estimate of drug-likeness (QED) is 0.543. The molecule has 0 spiro atoms. The van der Waals surface area contributed by atoms with Crippen molar-refractivity contribution in [1.29, 1.82) is 0 Å². The summed E-state index contributed by atoms with van der Waals surface area (Å²) in [5.74, 6) is 2.82. The van der Waals surface area contributed by atoms with Gasteiger partial charge in [-0.3, -0.25) is 4.79 Å². The van der Waals surface area contributed by atoms with E-state index in [4.69, 9.17) is 14.5 Å². The Morgan fingerprint density at radius 2 is 1.77 bits per heavy atom. The van der Waals surface area contributed by atoms with Crippen molar-refractivity contribution in [2.75, 3.05) is 39.3 Å². The van der Waals surface area contributed by atoms with Gasteiger partial charge >= 0.3 is 0 Å². The zero-order chi connectivity index (χ0) is 22.1. The number of para-hydroxylation sites is 2. The molecule has 1 aromatic carbocycles. The molecule has 8 nitrogen and oxygen atoms in total. The molecular weight excluding hydrogens is 394 g/mol. The summed E-state index contributed by atoms with van der Waals surface area (Å²) in [6, 6.07) is 11.4. The lowest BCUT2D eigenvalue weighted by Crippen LogP contribution is -2.53. The van der Waals surface area contributed by atoms with Crippen LogP contribution in [-0.4, -0.2) is 66.0 Å². The number of amides is 1. The summed E-state index contributed by atoms with van der Waals surface area (Å²) in [6.45, 7) is 10.5. The number of hydrogen-bond donors (Lipinski definition) is 1. The third kappa shape index (κ3) is 6.34. The first-order valence-electron chi connectivity index (χ1n) is 10.7. The Bertz CT molecular complexity index is 877. The third-order valence-electron chi connectivity index (χ3n) is 4.93. The molecule has 1 saturated heterocycles. The fourth-order valence-corrected chi connectivity index (χ4v) is 3.31. The normalized spacial score (nSPS) is 14.4. The smallest absolute Gasteiger partial charge is 0.219 e. The lowest BCUT2D eigenvalue weighted by Gasteiger charge is -2.36. The molecule has 1 aliphatic heterocycles. The van der Waals surface area contributed by atoms with Gasteiger partial charge in [-0.15, -0.1) is 0 Å². The van der Waals surface area contributed by atoms with Gasteiger partial charge in [-0.2, -0.15) is 0 Å². The minimum Gasteiger partial charge on any atom is -0.490 e. The predicted molar refractivity (Wildman–Crippen MR) is 121 cm³/mol. The van der Waals surface area contributed by atoms with Crippen molar-refractivity contribution in [2.24, 2.45) is 4.99 Å². The van der Waals surface area contributed by atoms with Crippen LogP contribution in [0.2, 0.25) is 0 Å². The van der Waals surface area contributed by atoms with Crippen molar-refractivity contribution in [1.82, 2.24) is 20.1 Å². The number of piperazine rings is 1. The topological polar surface area (TPSA) is 79.3 Å². The van der Waals surface area contributed by atoms with E-state index < -0.39 is 0 Å². The molecule has 1 aromatic heterocycles. The molecule has 0 saturated carbocycles. The number of aromatic nitrogens is 1. The van der Waals surface area contributed by atoms with E-state index >= 15 is 0 Å². The Kier molecular flexibility index (Phi) is 8.09. The molecule has 1 fully saturated rings. The maximum absolute atomic E-state index is 11.5. The summed E-state index contributed by atoms with van der Waals surface area (Å²) in [7, 11) is 0. The highest BCUT2D eigenvalue weighted by Crippen LogP contribution is 2.30.